The third-order valence-corrected chi connectivity index (χ3v) is 3.39. The van der Waals surface area contributed by atoms with Gasteiger partial charge in [0.15, 0.2) is 5.75 Å². The van der Waals surface area contributed by atoms with Gasteiger partial charge >= 0.3 is 0 Å². The van der Waals surface area contributed by atoms with Crippen LogP contribution in [0.1, 0.15) is 24.5 Å². The Hall–Kier alpha value is -1.40. The molecule has 6 heteroatoms. The van der Waals surface area contributed by atoms with E-state index >= 15 is 0 Å². The van der Waals surface area contributed by atoms with Crippen LogP contribution in [0.2, 0.25) is 0 Å². The Morgan fingerprint density at radius 3 is 3.00 bits per heavy atom. The van der Waals surface area contributed by atoms with E-state index in [4.69, 9.17) is 4.74 Å². The normalized spacial score (nSPS) is 11.2. The molecule has 0 radical (unpaired) electrons. The van der Waals surface area contributed by atoms with Crippen molar-refractivity contribution in [3.8, 4) is 5.75 Å². The highest BCUT2D eigenvalue weighted by Crippen LogP contribution is 2.13. The van der Waals surface area contributed by atoms with Gasteiger partial charge in [0, 0.05) is 19.0 Å². The van der Waals surface area contributed by atoms with Crippen molar-refractivity contribution in [2.45, 2.75) is 27.0 Å². The lowest BCUT2D eigenvalue weighted by atomic mass is 10.2. The number of hydrogen-bond donors (Lipinski definition) is 1. The number of nitrogens with zero attached hydrogens (tertiary/aromatic N) is 3. The summed E-state index contributed by atoms with van der Waals surface area (Å²) in [7, 11) is 1.87. The molecule has 0 amide bonds. The molecule has 2 rings (SSSR count). The monoisotopic (exact) mass is 280 g/mol. The SMILES string of the molecule is CC(C)CNCc1nc(COc2cnn(C)c2)cs1. The van der Waals surface area contributed by atoms with Gasteiger partial charge in [-0.2, -0.15) is 5.10 Å². The van der Waals surface area contributed by atoms with Gasteiger partial charge in [-0.05, 0) is 12.5 Å². The zero-order chi connectivity index (χ0) is 13.7. The highest BCUT2D eigenvalue weighted by molar-refractivity contribution is 7.09. The molecule has 2 aromatic rings. The summed E-state index contributed by atoms with van der Waals surface area (Å²) in [5.74, 6) is 1.43. The van der Waals surface area contributed by atoms with E-state index in [9.17, 15) is 0 Å². The van der Waals surface area contributed by atoms with Gasteiger partial charge in [0.1, 0.15) is 11.6 Å². The van der Waals surface area contributed by atoms with Crippen molar-refractivity contribution in [3.63, 3.8) is 0 Å². The number of aromatic nitrogens is 3. The zero-order valence-corrected chi connectivity index (χ0v) is 12.4. The third-order valence-electron chi connectivity index (χ3n) is 2.50. The predicted octanol–water partition coefficient (Wildman–Crippen LogP) is 2.20. The van der Waals surface area contributed by atoms with Gasteiger partial charge < -0.3 is 10.1 Å². The molecular weight excluding hydrogens is 260 g/mol. The average molecular weight is 280 g/mol. The molecule has 0 saturated carbocycles. The number of thiazole rings is 1. The van der Waals surface area contributed by atoms with E-state index in [2.05, 4.69) is 29.2 Å². The number of ether oxygens (including phenoxy) is 1. The molecule has 0 saturated heterocycles. The summed E-state index contributed by atoms with van der Waals surface area (Å²) in [5.41, 5.74) is 0.968. The van der Waals surface area contributed by atoms with Gasteiger partial charge in [-0.25, -0.2) is 4.98 Å². The fourth-order valence-electron chi connectivity index (χ4n) is 1.59. The summed E-state index contributed by atoms with van der Waals surface area (Å²) in [4.78, 5) is 4.53. The van der Waals surface area contributed by atoms with Gasteiger partial charge in [0.25, 0.3) is 0 Å². The van der Waals surface area contributed by atoms with Gasteiger partial charge in [-0.1, -0.05) is 13.8 Å². The van der Waals surface area contributed by atoms with Crippen molar-refractivity contribution in [3.05, 3.63) is 28.5 Å². The summed E-state index contributed by atoms with van der Waals surface area (Å²) >= 11 is 1.67. The molecule has 2 heterocycles. The second kappa shape index (κ2) is 6.68. The van der Waals surface area contributed by atoms with Crippen LogP contribution in [0.3, 0.4) is 0 Å². The first-order valence-corrected chi connectivity index (χ1v) is 7.27. The van der Waals surface area contributed by atoms with Crippen LogP contribution in [-0.2, 0) is 20.2 Å². The summed E-state index contributed by atoms with van der Waals surface area (Å²) in [5, 5.41) is 10.6. The molecule has 5 nitrogen and oxygen atoms in total. The number of aryl methyl sites for hydroxylation is 1. The van der Waals surface area contributed by atoms with Crippen molar-refractivity contribution in [2.24, 2.45) is 13.0 Å². The molecule has 0 aromatic carbocycles. The summed E-state index contributed by atoms with van der Waals surface area (Å²) in [6.45, 7) is 6.73. The largest absolute Gasteiger partial charge is 0.484 e. The Morgan fingerprint density at radius 2 is 2.32 bits per heavy atom. The lowest BCUT2D eigenvalue weighted by Crippen LogP contribution is -2.18. The Morgan fingerprint density at radius 1 is 1.47 bits per heavy atom. The Bertz CT molecular complexity index is 506. The third kappa shape index (κ3) is 4.65. The van der Waals surface area contributed by atoms with Crippen LogP contribution >= 0.6 is 11.3 Å². The molecule has 0 spiro atoms. The average Bonchev–Trinajstić information content (AvgIpc) is 2.95. The van der Waals surface area contributed by atoms with Crippen LogP contribution in [0.5, 0.6) is 5.75 Å². The van der Waals surface area contributed by atoms with E-state index in [0.717, 1.165) is 29.5 Å². The maximum absolute atomic E-state index is 5.61. The standard InChI is InChI=1S/C13H20N4OS/c1-10(2)4-14-6-13-16-11(9-19-13)8-18-12-5-15-17(3)7-12/h5,7,9-10,14H,4,6,8H2,1-3H3. The van der Waals surface area contributed by atoms with E-state index in [0.29, 0.717) is 12.5 Å². The second-order valence-corrected chi connectivity index (χ2v) is 5.84. The molecule has 0 atom stereocenters. The first-order chi connectivity index (χ1) is 9.13. The van der Waals surface area contributed by atoms with Crippen LogP contribution in [-0.4, -0.2) is 21.3 Å². The highest BCUT2D eigenvalue weighted by atomic mass is 32.1. The second-order valence-electron chi connectivity index (χ2n) is 4.90. The maximum Gasteiger partial charge on any atom is 0.157 e. The van der Waals surface area contributed by atoms with E-state index < -0.39 is 0 Å². The Labute approximate surface area is 117 Å². The van der Waals surface area contributed by atoms with Crippen LogP contribution < -0.4 is 10.1 Å². The van der Waals surface area contributed by atoms with Crippen molar-refractivity contribution in [2.75, 3.05) is 6.54 Å². The van der Waals surface area contributed by atoms with Crippen molar-refractivity contribution in [1.82, 2.24) is 20.1 Å². The lowest BCUT2D eigenvalue weighted by molar-refractivity contribution is 0.301. The van der Waals surface area contributed by atoms with E-state index in [1.165, 1.54) is 0 Å². The molecule has 0 unspecified atom stereocenters. The van der Waals surface area contributed by atoms with Gasteiger partial charge in [-0.3, -0.25) is 4.68 Å². The number of nitrogens with one attached hydrogen (secondary N) is 1. The van der Waals surface area contributed by atoms with Gasteiger partial charge in [0.05, 0.1) is 18.1 Å². The predicted molar refractivity (Wildman–Crippen MR) is 76.2 cm³/mol. The summed E-state index contributed by atoms with van der Waals surface area (Å²) in [6.07, 6.45) is 3.55. The molecule has 0 aliphatic rings. The first kappa shape index (κ1) is 14.0. The number of hydrogen-bond acceptors (Lipinski definition) is 5. The topological polar surface area (TPSA) is 52.0 Å². The number of rotatable bonds is 7. The minimum Gasteiger partial charge on any atom is -0.484 e. The zero-order valence-electron chi connectivity index (χ0n) is 11.6. The van der Waals surface area contributed by atoms with E-state index in [1.807, 2.05) is 18.6 Å². The fourth-order valence-corrected chi connectivity index (χ4v) is 2.34. The molecule has 0 aliphatic carbocycles. The van der Waals surface area contributed by atoms with Gasteiger partial charge in [0.2, 0.25) is 0 Å². The summed E-state index contributed by atoms with van der Waals surface area (Å²) in [6, 6.07) is 0. The van der Waals surface area contributed by atoms with Crippen LogP contribution in [0.25, 0.3) is 0 Å². The Balaban J connectivity index is 1.77. The minimum atomic E-state index is 0.492. The lowest BCUT2D eigenvalue weighted by Gasteiger charge is -2.04. The van der Waals surface area contributed by atoms with Crippen molar-refractivity contribution in [1.29, 1.82) is 0 Å². The highest BCUT2D eigenvalue weighted by Gasteiger charge is 2.04. The summed E-state index contributed by atoms with van der Waals surface area (Å²) < 4.78 is 7.33. The molecular formula is C13H20N4OS. The first-order valence-electron chi connectivity index (χ1n) is 6.39. The molecule has 0 aliphatic heterocycles. The van der Waals surface area contributed by atoms with Crippen LogP contribution in [0.4, 0.5) is 0 Å². The molecule has 19 heavy (non-hydrogen) atoms. The van der Waals surface area contributed by atoms with E-state index in [1.54, 1.807) is 22.2 Å². The molecule has 1 N–H and O–H groups in total. The van der Waals surface area contributed by atoms with Crippen LogP contribution in [0, 0.1) is 5.92 Å². The molecule has 0 fully saturated rings. The molecule has 104 valence electrons. The Kier molecular flexibility index (Phi) is 4.93. The quantitative estimate of drug-likeness (QED) is 0.845. The maximum atomic E-state index is 5.61. The smallest absolute Gasteiger partial charge is 0.157 e. The van der Waals surface area contributed by atoms with Crippen LogP contribution in [0.15, 0.2) is 17.8 Å². The van der Waals surface area contributed by atoms with E-state index in [-0.39, 0.29) is 0 Å². The van der Waals surface area contributed by atoms with Gasteiger partial charge in [-0.15, -0.1) is 11.3 Å². The molecule has 0 bridgehead atoms. The van der Waals surface area contributed by atoms with Crippen molar-refractivity contribution >= 4 is 11.3 Å². The fraction of sp³-hybridized carbons (Fsp3) is 0.538. The van der Waals surface area contributed by atoms with Crippen molar-refractivity contribution < 1.29 is 4.74 Å². The molecule has 2 aromatic heterocycles. The minimum absolute atomic E-state index is 0.492.